The van der Waals surface area contributed by atoms with Crippen LogP contribution in [0.1, 0.15) is 34.6 Å². The number of rotatable bonds is 5. The van der Waals surface area contributed by atoms with Gasteiger partial charge in [-0.15, -0.1) is 0 Å². The molecule has 1 unspecified atom stereocenters. The Morgan fingerprint density at radius 1 is 1.35 bits per heavy atom. The molecule has 2 rings (SSSR count). The second kappa shape index (κ2) is 6.34. The van der Waals surface area contributed by atoms with Gasteiger partial charge in [0.25, 0.3) is 5.91 Å². The molecule has 0 aliphatic rings. The van der Waals surface area contributed by atoms with E-state index in [4.69, 9.17) is 22.4 Å². The first kappa shape index (κ1) is 14.3. The van der Waals surface area contributed by atoms with E-state index in [1.807, 2.05) is 37.3 Å². The number of nitrogens with one attached hydrogen (secondary N) is 1. The monoisotopic (exact) mass is 288 g/mol. The van der Waals surface area contributed by atoms with Crippen LogP contribution in [-0.2, 0) is 6.42 Å². The predicted molar refractivity (Wildman–Crippen MR) is 81.5 cm³/mol. The van der Waals surface area contributed by atoms with Crippen molar-refractivity contribution in [2.45, 2.75) is 19.4 Å². The van der Waals surface area contributed by atoms with Crippen molar-refractivity contribution in [1.29, 1.82) is 0 Å². The lowest BCUT2D eigenvalue weighted by Crippen LogP contribution is -2.36. The molecule has 104 valence electrons. The number of thiocarbonyl (C=S) groups is 1. The topological polar surface area (TPSA) is 68.3 Å². The fourth-order valence-corrected chi connectivity index (χ4v) is 2.18. The van der Waals surface area contributed by atoms with E-state index < -0.39 is 6.04 Å². The Bertz CT molecular complexity index is 607. The Labute approximate surface area is 123 Å². The Morgan fingerprint density at radius 3 is 2.65 bits per heavy atom. The van der Waals surface area contributed by atoms with Crippen LogP contribution in [0.15, 0.2) is 47.1 Å². The zero-order valence-electron chi connectivity index (χ0n) is 11.1. The largest absolute Gasteiger partial charge is 0.469 e. The van der Waals surface area contributed by atoms with Gasteiger partial charge in [-0.2, -0.15) is 0 Å². The standard InChI is InChI=1S/C15H16N2O2S/c1-2-12-11(8-9-19-12)15(18)17-13(14(16)20)10-6-4-3-5-7-10/h3-9,13H,2H2,1H3,(H2,16,20)(H,17,18). The fourth-order valence-electron chi connectivity index (χ4n) is 1.99. The Morgan fingerprint density at radius 2 is 2.05 bits per heavy atom. The molecule has 0 aliphatic heterocycles. The predicted octanol–water partition coefficient (Wildman–Crippen LogP) is 2.60. The second-order valence-electron chi connectivity index (χ2n) is 4.33. The minimum absolute atomic E-state index is 0.228. The van der Waals surface area contributed by atoms with Crippen molar-refractivity contribution in [1.82, 2.24) is 5.32 Å². The lowest BCUT2D eigenvalue weighted by molar-refractivity contribution is 0.0945. The number of carbonyl (C=O) groups excluding carboxylic acids is 1. The Balaban J connectivity index is 2.21. The van der Waals surface area contributed by atoms with Crippen molar-refractivity contribution < 1.29 is 9.21 Å². The van der Waals surface area contributed by atoms with Gasteiger partial charge in [-0.25, -0.2) is 0 Å². The number of carbonyl (C=O) groups is 1. The summed E-state index contributed by atoms with van der Waals surface area (Å²) >= 11 is 5.05. The quantitative estimate of drug-likeness (QED) is 0.830. The van der Waals surface area contributed by atoms with Crippen LogP contribution in [0.4, 0.5) is 0 Å². The zero-order chi connectivity index (χ0) is 14.5. The number of aryl methyl sites for hydroxylation is 1. The van der Waals surface area contributed by atoms with Gasteiger partial charge in [-0.05, 0) is 11.6 Å². The maximum atomic E-state index is 12.3. The third kappa shape index (κ3) is 3.05. The summed E-state index contributed by atoms with van der Waals surface area (Å²) in [6.07, 6.45) is 2.16. The second-order valence-corrected chi connectivity index (χ2v) is 4.80. The van der Waals surface area contributed by atoms with Crippen LogP contribution in [0.3, 0.4) is 0 Å². The van der Waals surface area contributed by atoms with Gasteiger partial charge < -0.3 is 15.5 Å². The average molecular weight is 288 g/mol. The van der Waals surface area contributed by atoms with Gasteiger partial charge in [0.2, 0.25) is 0 Å². The van der Waals surface area contributed by atoms with E-state index in [1.165, 1.54) is 6.26 Å². The van der Waals surface area contributed by atoms with Gasteiger partial charge in [0.1, 0.15) is 16.8 Å². The van der Waals surface area contributed by atoms with Crippen molar-refractivity contribution in [3.05, 3.63) is 59.5 Å². The summed E-state index contributed by atoms with van der Waals surface area (Å²) in [7, 11) is 0. The van der Waals surface area contributed by atoms with Gasteiger partial charge in [0.05, 0.1) is 11.8 Å². The van der Waals surface area contributed by atoms with Crippen LogP contribution in [0.2, 0.25) is 0 Å². The van der Waals surface area contributed by atoms with E-state index in [0.29, 0.717) is 17.7 Å². The van der Waals surface area contributed by atoms with Gasteiger partial charge in [-0.1, -0.05) is 49.5 Å². The highest BCUT2D eigenvalue weighted by atomic mass is 32.1. The summed E-state index contributed by atoms with van der Waals surface area (Å²) in [5, 5.41) is 2.84. The molecule has 0 saturated carbocycles. The number of hydrogen-bond acceptors (Lipinski definition) is 3. The molecule has 2 aromatic rings. The first-order valence-corrected chi connectivity index (χ1v) is 6.75. The third-order valence-corrected chi connectivity index (χ3v) is 3.24. The molecule has 1 heterocycles. The molecule has 20 heavy (non-hydrogen) atoms. The van der Waals surface area contributed by atoms with Crippen LogP contribution >= 0.6 is 12.2 Å². The maximum Gasteiger partial charge on any atom is 0.255 e. The number of benzene rings is 1. The first-order valence-electron chi connectivity index (χ1n) is 6.35. The molecule has 5 heteroatoms. The van der Waals surface area contributed by atoms with Gasteiger partial charge in [0, 0.05) is 6.42 Å². The number of nitrogens with two attached hydrogens (primary N) is 1. The molecule has 0 saturated heterocycles. The summed E-state index contributed by atoms with van der Waals surface area (Å²) in [6.45, 7) is 1.93. The van der Waals surface area contributed by atoms with Gasteiger partial charge in [0.15, 0.2) is 0 Å². The van der Waals surface area contributed by atoms with Gasteiger partial charge in [-0.3, -0.25) is 4.79 Å². The van der Waals surface area contributed by atoms with Gasteiger partial charge >= 0.3 is 0 Å². The summed E-state index contributed by atoms with van der Waals surface area (Å²) in [4.78, 5) is 12.5. The molecule has 1 aromatic heterocycles. The van der Waals surface area contributed by atoms with E-state index in [-0.39, 0.29) is 10.9 Å². The highest BCUT2D eigenvalue weighted by molar-refractivity contribution is 7.80. The number of hydrogen-bond donors (Lipinski definition) is 2. The van der Waals surface area contributed by atoms with Crippen molar-refractivity contribution >= 4 is 23.1 Å². The van der Waals surface area contributed by atoms with Crippen molar-refractivity contribution in [3.63, 3.8) is 0 Å². The summed E-state index contributed by atoms with van der Waals surface area (Å²) in [5.74, 6) is 0.412. The minimum Gasteiger partial charge on any atom is -0.469 e. The summed E-state index contributed by atoms with van der Waals surface area (Å²) in [6, 6.07) is 10.6. The molecular weight excluding hydrogens is 272 g/mol. The summed E-state index contributed by atoms with van der Waals surface area (Å²) < 4.78 is 5.26. The maximum absolute atomic E-state index is 12.3. The smallest absolute Gasteiger partial charge is 0.255 e. The van der Waals surface area contributed by atoms with Crippen LogP contribution in [-0.4, -0.2) is 10.9 Å². The fraction of sp³-hybridized carbons (Fsp3) is 0.200. The molecular formula is C15H16N2O2S. The number of furan rings is 1. The normalized spacial score (nSPS) is 11.8. The average Bonchev–Trinajstić information content (AvgIpc) is 2.93. The zero-order valence-corrected chi connectivity index (χ0v) is 11.9. The Kier molecular flexibility index (Phi) is 4.53. The van der Waals surface area contributed by atoms with Crippen LogP contribution in [0, 0.1) is 0 Å². The lowest BCUT2D eigenvalue weighted by Gasteiger charge is -2.17. The molecule has 0 radical (unpaired) electrons. The van der Waals surface area contributed by atoms with Crippen molar-refractivity contribution in [2.75, 3.05) is 0 Å². The highest BCUT2D eigenvalue weighted by Crippen LogP contribution is 2.16. The third-order valence-electron chi connectivity index (χ3n) is 3.00. The molecule has 4 nitrogen and oxygen atoms in total. The van der Waals surface area contributed by atoms with Crippen molar-refractivity contribution in [2.24, 2.45) is 5.73 Å². The minimum atomic E-state index is -0.488. The molecule has 1 amide bonds. The molecule has 0 aliphatic carbocycles. The van der Waals surface area contributed by atoms with E-state index in [0.717, 1.165) is 5.56 Å². The van der Waals surface area contributed by atoms with Crippen LogP contribution in [0.5, 0.6) is 0 Å². The van der Waals surface area contributed by atoms with Crippen molar-refractivity contribution in [3.8, 4) is 0 Å². The SMILES string of the molecule is CCc1occc1C(=O)NC(C(N)=S)c1ccccc1. The lowest BCUT2D eigenvalue weighted by atomic mass is 10.1. The number of amides is 1. The molecule has 1 aromatic carbocycles. The van der Waals surface area contributed by atoms with E-state index in [2.05, 4.69) is 5.32 Å². The van der Waals surface area contributed by atoms with E-state index in [9.17, 15) is 4.79 Å². The summed E-state index contributed by atoms with van der Waals surface area (Å²) in [5.41, 5.74) is 7.11. The van der Waals surface area contributed by atoms with E-state index >= 15 is 0 Å². The van der Waals surface area contributed by atoms with Crippen LogP contribution < -0.4 is 11.1 Å². The molecule has 0 spiro atoms. The van der Waals surface area contributed by atoms with Crippen LogP contribution in [0.25, 0.3) is 0 Å². The molecule has 0 bridgehead atoms. The first-order chi connectivity index (χ1) is 9.63. The molecule has 3 N–H and O–H groups in total. The Hall–Kier alpha value is -2.14. The highest BCUT2D eigenvalue weighted by Gasteiger charge is 2.20. The molecule has 0 fully saturated rings. The molecule has 1 atom stereocenters. The van der Waals surface area contributed by atoms with E-state index in [1.54, 1.807) is 6.07 Å².